The van der Waals surface area contributed by atoms with Gasteiger partial charge in [-0.1, -0.05) is 12.8 Å². The third-order valence-corrected chi connectivity index (χ3v) is 5.71. The SMILES string of the molecule is CC1CCCC(C(=O)N2CCC3(CCCC3)CC2)N1. The number of rotatable bonds is 1. The summed E-state index contributed by atoms with van der Waals surface area (Å²) >= 11 is 0. The summed E-state index contributed by atoms with van der Waals surface area (Å²) in [5.41, 5.74) is 0.615. The molecule has 0 bridgehead atoms. The second-order valence-electron chi connectivity index (χ2n) is 7.08. The third kappa shape index (κ3) is 2.81. The van der Waals surface area contributed by atoms with Gasteiger partial charge in [-0.05, 0) is 57.3 Å². The van der Waals surface area contributed by atoms with Gasteiger partial charge in [0.1, 0.15) is 0 Å². The zero-order valence-electron chi connectivity index (χ0n) is 12.3. The second kappa shape index (κ2) is 5.43. The van der Waals surface area contributed by atoms with Gasteiger partial charge in [-0.3, -0.25) is 4.79 Å². The van der Waals surface area contributed by atoms with Gasteiger partial charge in [-0.15, -0.1) is 0 Å². The highest BCUT2D eigenvalue weighted by Gasteiger charge is 2.39. The summed E-state index contributed by atoms with van der Waals surface area (Å²) in [4.78, 5) is 14.7. The summed E-state index contributed by atoms with van der Waals surface area (Å²) in [5.74, 6) is 0.374. The maximum atomic E-state index is 12.6. The van der Waals surface area contributed by atoms with Crippen molar-refractivity contribution in [3.8, 4) is 0 Å². The minimum atomic E-state index is 0.0985. The van der Waals surface area contributed by atoms with Crippen molar-refractivity contribution < 1.29 is 4.79 Å². The van der Waals surface area contributed by atoms with E-state index in [2.05, 4.69) is 17.1 Å². The maximum absolute atomic E-state index is 12.6. The van der Waals surface area contributed by atoms with Crippen molar-refractivity contribution in [3.63, 3.8) is 0 Å². The molecule has 0 aromatic carbocycles. The van der Waals surface area contributed by atoms with E-state index in [0.717, 1.165) is 19.5 Å². The number of nitrogens with zero attached hydrogens (tertiary/aromatic N) is 1. The molecule has 19 heavy (non-hydrogen) atoms. The van der Waals surface area contributed by atoms with E-state index in [1.54, 1.807) is 0 Å². The fourth-order valence-electron chi connectivity index (χ4n) is 4.38. The van der Waals surface area contributed by atoms with Crippen LogP contribution < -0.4 is 5.32 Å². The second-order valence-corrected chi connectivity index (χ2v) is 7.08. The highest BCUT2D eigenvalue weighted by atomic mass is 16.2. The van der Waals surface area contributed by atoms with Crippen molar-refractivity contribution in [2.24, 2.45) is 5.41 Å². The lowest BCUT2D eigenvalue weighted by Gasteiger charge is -2.41. The maximum Gasteiger partial charge on any atom is 0.239 e. The van der Waals surface area contributed by atoms with E-state index >= 15 is 0 Å². The number of amides is 1. The van der Waals surface area contributed by atoms with Crippen LogP contribution in [-0.2, 0) is 4.79 Å². The van der Waals surface area contributed by atoms with Crippen LogP contribution in [0.25, 0.3) is 0 Å². The van der Waals surface area contributed by atoms with Crippen LogP contribution in [0.2, 0.25) is 0 Å². The monoisotopic (exact) mass is 264 g/mol. The van der Waals surface area contributed by atoms with Gasteiger partial charge < -0.3 is 10.2 Å². The molecule has 0 aromatic rings. The normalized spacial score (nSPS) is 34.7. The van der Waals surface area contributed by atoms with Crippen LogP contribution in [0.5, 0.6) is 0 Å². The summed E-state index contributed by atoms with van der Waals surface area (Å²) in [6.45, 7) is 4.21. The fraction of sp³-hybridized carbons (Fsp3) is 0.938. The Morgan fingerprint density at radius 1 is 1.05 bits per heavy atom. The lowest BCUT2D eigenvalue weighted by atomic mass is 9.77. The van der Waals surface area contributed by atoms with E-state index in [-0.39, 0.29) is 6.04 Å². The molecule has 0 aromatic heterocycles. The van der Waals surface area contributed by atoms with Crippen molar-refractivity contribution in [1.82, 2.24) is 10.2 Å². The number of nitrogens with one attached hydrogen (secondary N) is 1. The average Bonchev–Trinajstić information content (AvgIpc) is 2.87. The molecule has 2 heterocycles. The first-order valence-electron chi connectivity index (χ1n) is 8.23. The van der Waals surface area contributed by atoms with Crippen molar-refractivity contribution in [1.29, 1.82) is 0 Å². The summed E-state index contributed by atoms with van der Waals surface area (Å²) < 4.78 is 0. The molecular weight excluding hydrogens is 236 g/mol. The van der Waals surface area contributed by atoms with E-state index < -0.39 is 0 Å². The molecule has 2 saturated heterocycles. The van der Waals surface area contributed by atoms with Gasteiger partial charge in [-0.25, -0.2) is 0 Å². The summed E-state index contributed by atoms with van der Waals surface area (Å²) in [6, 6.07) is 0.607. The molecule has 2 atom stereocenters. The first kappa shape index (κ1) is 13.4. The number of carbonyl (C=O) groups excluding carboxylic acids is 1. The standard InChI is InChI=1S/C16H28N2O/c1-13-5-4-6-14(17-13)15(19)18-11-9-16(10-12-18)7-2-3-8-16/h13-14,17H,2-12H2,1H3. The molecule has 1 amide bonds. The summed E-state index contributed by atoms with van der Waals surface area (Å²) in [6.07, 6.45) is 11.6. The molecule has 2 aliphatic heterocycles. The van der Waals surface area contributed by atoms with Crippen LogP contribution in [0.4, 0.5) is 0 Å². The summed E-state index contributed by atoms with van der Waals surface area (Å²) in [7, 11) is 0. The molecule has 1 aliphatic carbocycles. The van der Waals surface area contributed by atoms with Crippen LogP contribution in [0.15, 0.2) is 0 Å². The average molecular weight is 264 g/mol. The Kier molecular flexibility index (Phi) is 3.84. The van der Waals surface area contributed by atoms with E-state index in [0.29, 0.717) is 17.4 Å². The van der Waals surface area contributed by atoms with Gasteiger partial charge in [0.05, 0.1) is 6.04 Å². The Balaban J connectivity index is 1.54. The van der Waals surface area contributed by atoms with Gasteiger partial charge in [0.2, 0.25) is 5.91 Å². The lowest BCUT2D eigenvalue weighted by Crippen LogP contribution is -2.53. The van der Waals surface area contributed by atoms with E-state index in [1.807, 2.05) is 0 Å². The van der Waals surface area contributed by atoms with Crippen LogP contribution in [0.1, 0.15) is 64.7 Å². The molecule has 1 N–H and O–H groups in total. The predicted molar refractivity (Wildman–Crippen MR) is 77.0 cm³/mol. The van der Waals surface area contributed by atoms with Gasteiger partial charge in [0, 0.05) is 19.1 Å². The highest BCUT2D eigenvalue weighted by molar-refractivity contribution is 5.82. The zero-order chi connectivity index (χ0) is 13.3. The molecule has 1 spiro atoms. The fourth-order valence-corrected chi connectivity index (χ4v) is 4.38. The molecule has 3 aliphatic rings. The van der Waals surface area contributed by atoms with Crippen molar-refractivity contribution >= 4 is 5.91 Å². The molecule has 1 saturated carbocycles. The zero-order valence-corrected chi connectivity index (χ0v) is 12.3. The molecule has 3 fully saturated rings. The van der Waals surface area contributed by atoms with E-state index in [1.165, 1.54) is 51.4 Å². The minimum Gasteiger partial charge on any atom is -0.341 e. The van der Waals surface area contributed by atoms with Gasteiger partial charge in [0.15, 0.2) is 0 Å². The first-order chi connectivity index (χ1) is 9.19. The number of piperidine rings is 2. The number of carbonyl (C=O) groups is 1. The Morgan fingerprint density at radius 2 is 1.74 bits per heavy atom. The molecular formula is C16H28N2O. The predicted octanol–water partition coefficient (Wildman–Crippen LogP) is 2.70. The molecule has 3 nitrogen and oxygen atoms in total. The van der Waals surface area contributed by atoms with Crippen molar-refractivity contribution in [2.75, 3.05) is 13.1 Å². The van der Waals surface area contributed by atoms with Gasteiger partial charge in [-0.2, -0.15) is 0 Å². The van der Waals surface area contributed by atoms with Crippen LogP contribution in [0.3, 0.4) is 0 Å². The van der Waals surface area contributed by atoms with Crippen molar-refractivity contribution in [2.45, 2.75) is 76.8 Å². The Bertz CT molecular complexity index is 326. The smallest absolute Gasteiger partial charge is 0.239 e. The van der Waals surface area contributed by atoms with E-state index in [9.17, 15) is 4.79 Å². The minimum absolute atomic E-state index is 0.0985. The topological polar surface area (TPSA) is 32.3 Å². The van der Waals surface area contributed by atoms with Gasteiger partial charge >= 0.3 is 0 Å². The molecule has 3 heteroatoms. The molecule has 0 radical (unpaired) electrons. The number of hydrogen-bond acceptors (Lipinski definition) is 2. The molecule has 108 valence electrons. The summed E-state index contributed by atoms with van der Waals surface area (Å²) in [5, 5.41) is 3.48. The van der Waals surface area contributed by atoms with Crippen LogP contribution in [-0.4, -0.2) is 36.0 Å². The van der Waals surface area contributed by atoms with Crippen LogP contribution in [0, 0.1) is 5.41 Å². The number of hydrogen-bond donors (Lipinski definition) is 1. The Hall–Kier alpha value is -0.570. The number of likely N-dealkylation sites (tertiary alicyclic amines) is 1. The largest absolute Gasteiger partial charge is 0.341 e. The quantitative estimate of drug-likeness (QED) is 0.790. The molecule has 3 rings (SSSR count). The lowest BCUT2D eigenvalue weighted by molar-refractivity contribution is -0.136. The van der Waals surface area contributed by atoms with E-state index in [4.69, 9.17) is 0 Å². The van der Waals surface area contributed by atoms with Crippen molar-refractivity contribution in [3.05, 3.63) is 0 Å². The Morgan fingerprint density at radius 3 is 2.37 bits per heavy atom. The van der Waals surface area contributed by atoms with Crippen LogP contribution >= 0.6 is 0 Å². The highest BCUT2D eigenvalue weighted by Crippen LogP contribution is 2.46. The molecule has 2 unspecified atom stereocenters. The first-order valence-corrected chi connectivity index (χ1v) is 8.23. The Labute approximate surface area is 117 Å². The van der Waals surface area contributed by atoms with Gasteiger partial charge in [0.25, 0.3) is 0 Å². The third-order valence-electron chi connectivity index (χ3n) is 5.71.